The molecule has 0 spiro atoms. The molecule has 0 saturated heterocycles. The fraction of sp³-hybridized carbons (Fsp3) is 0.0714. The Morgan fingerprint density at radius 3 is 2.45 bits per heavy atom. The maximum absolute atomic E-state index is 11.8. The first-order chi connectivity index (χ1) is 10.5. The average molecular weight is 300 g/mol. The maximum Gasteiger partial charge on any atom is 0.315 e. The van der Waals surface area contributed by atoms with Gasteiger partial charge in [-0.05, 0) is 24.6 Å². The third-order valence-electron chi connectivity index (χ3n) is 2.80. The summed E-state index contributed by atoms with van der Waals surface area (Å²) >= 11 is 0. The maximum atomic E-state index is 11.8. The van der Waals surface area contributed by atoms with Crippen molar-refractivity contribution < 1.29 is 14.5 Å². The Hall–Kier alpha value is -3.29. The molecule has 1 aromatic carbocycles. The lowest BCUT2D eigenvalue weighted by molar-refractivity contribution is -0.383. The number of para-hydroxylation sites is 2. The molecule has 8 nitrogen and oxygen atoms in total. The normalized spacial score (nSPS) is 9.86. The van der Waals surface area contributed by atoms with Crippen LogP contribution in [0, 0.1) is 17.0 Å². The van der Waals surface area contributed by atoms with E-state index in [0.29, 0.717) is 5.56 Å². The summed E-state index contributed by atoms with van der Waals surface area (Å²) in [7, 11) is 0. The van der Waals surface area contributed by atoms with Crippen LogP contribution in [-0.2, 0) is 9.59 Å². The molecule has 0 bridgehead atoms. The van der Waals surface area contributed by atoms with Gasteiger partial charge >= 0.3 is 11.8 Å². The van der Waals surface area contributed by atoms with Crippen molar-refractivity contribution in [2.24, 2.45) is 0 Å². The Bertz CT molecular complexity index is 745. The fourth-order valence-electron chi connectivity index (χ4n) is 1.70. The number of aromatic nitrogens is 1. The van der Waals surface area contributed by atoms with Gasteiger partial charge in [-0.1, -0.05) is 18.2 Å². The molecule has 0 saturated carbocycles. The highest BCUT2D eigenvalue weighted by molar-refractivity contribution is 6.43. The number of nitro benzene ring substituents is 1. The number of nitro groups is 1. The molecule has 0 aliphatic heterocycles. The van der Waals surface area contributed by atoms with Gasteiger partial charge in [0.25, 0.3) is 5.69 Å². The van der Waals surface area contributed by atoms with Gasteiger partial charge in [0.1, 0.15) is 11.5 Å². The highest BCUT2D eigenvalue weighted by Gasteiger charge is 2.20. The van der Waals surface area contributed by atoms with Crippen molar-refractivity contribution in [2.45, 2.75) is 6.92 Å². The van der Waals surface area contributed by atoms with Crippen LogP contribution >= 0.6 is 0 Å². The van der Waals surface area contributed by atoms with Crippen molar-refractivity contribution in [1.82, 2.24) is 4.98 Å². The molecule has 1 aromatic heterocycles. The summed E-state index contributed by atoms with van der Waals surface area (Å²) in [5.41, 5.74) is 0.345. The van der Waals surface area contributed by atoms with E-state index >= 15 is 0 Å². The summed E-state index contributed by atoms with van der Waals surface area (Å²) in [5.74, 6) is -1.72. The highest BCUT2D eigenvalue weighted by Crippen LogP contribution is 2.23. The Balaban J connectivity index is 2.11. The molecule has 2 amide bonds. The molecule has 22 heavy (non-hydrogen) atoms. The smallest absolute Gasteiger partial charge is 0.312 e. The van der Waals surface area contributed by atoms with Crippen LogP contribution in [0.3, 0.4) is 0 Å². The Morgan fingerprint density at radius 1 is 1.09 bits per heavy atom. The molecule has 8 heteroatoms. The molecular formula is C14H12N4O4. The number of rotatable bonds is 3. The van der Waals surface area contributed by atoms with Gasteiger partial charge in [0.05, 0.1) is 4.92 Å². The number of amides is 2. The fourth-order valence-corrected chi connectivity index (χ4v) is 1.70. The minimum atomic E-state index is -1.01. The predicted molar refractivity (Wildman–Crippen MR) is 79.3 cm³/mol. The summed E-state index contributed by atoms with van der Waals surface area (Å²) in [6.45, 7) is 1.72. The number of pyridine rings is 1. The first-order valence-corrected chi connectivity index (χ1v) is 6.26. The molecule has 0 atom stereocenters. The number of anilines is 2. The van der Waals surface area contributed by atoms with Gasteiger partial charge in [-0.2, -0.15) is 0 Å². The van der Waals surface area contributed by atoms with Crippen LogP contribution in [0.15, 0.2) is 42.6 Å². The summed E-state index contributed by atoms with van der Waals surface area (Å²) in [5, 5.41) is 15.4. The summed E-state index contributed by atoms with van der Waals surface area (Å²) < 4.78 is 0. The third-order valence-corrected chi connectivity index (χ3v) is 2.80. The molecule has 0 aliphatic rings. The number of carbonyl (C=O) groups excluding carboxylic acids is 2. The monoisotopic (exact) mass is 300 g/mol. The Morgan fingerprint density at radius 2 is 1.77 bits per heavy atom. The van der Waals surface area contributed by atoms with Gasteiger partial charge in [-0.3, -0.25) is 19.7 Å². The second-order valence-corrected chi connectivity index (χ2v) is 4.35. The van der Waals surface area contributed by atoms with Gasteiger partial charge in [0.2, 0.25) is 0 Å². The summed E-state index contributed by atoms with van der Waals surface area (Å²) in [6, 6.07) is 8.97. The van der Waals surface area contributed by atoms with Crippen molar-refractivity contribution >= 4 is 29.0 Å². The van der Waals surface area contributed by atoms with E-state index < -0.39 is 16.7 Å². The number of nitrogens with one attached hydrogen (secondary N) is 2. The average Bonchev–Trinajstić information content (AvgIpc) is 2.49. The van der Waals surface area contributed by atoms with E-state index in [4.69, 9.17) is 0 Å². The van der Waals surface area contributed by atoms with Crippen molar-refractivity contribution in [3.63, 3.8) is 0 Å². The van der Waals surface area contributed by atoms with Crippen molar-refractivity contribution in [3.05, 3.63) is 58.3 Å². The van der Waals surface area contributed by atoms with E-state index in [1.165, 1.54) is 30.5 Å². The first kappa shape index (κ1) is 15.1. The third kappa shape index (κ3) is 3.42. The lowest BCUT2D eigenvalue weighted by Crippen LogP contribution is -2.29. The van der Waals surface area contributed by atoms with Crippen LogP contribution < -0.4 is 10.6 Å². The number of nitrogens with zero attached hydrogens (tertiary/aromatic N) is 2. The summed E-state index contributed by atoms with van der Waals surface area (Å²) in [6.07, 6.45) is 1.47. The van der Waals surface area contributed by atoms with Crippen LogP contribution in [0.4, 0.5) is 17.2 Å². The molecule has 1 heterocycles. The lowest BCUT2D eigenvalue weighted by atomic mass is 10.2. The van der Waals surface area contributed by atoms with Crippen LogP contribution in [0.25, 0.3) is 0 Å². The number of benzene rings is 1. The van der Waals surface area contributed by atoms with Crippen molar-refractivity contribution in [3.8, 4) is 0 Å². The number of carbonyl (C=O) groups is 2. The molecule has 0 radical (unpaired) electrons. The SMILES string of the molecule is Cc1cccnc1NC(=O)C(=O)Nc1ccccc1[N+](=O)[O-]. The number of aryl methyl sites for hydroxylation is 1. The van der Waals surface area contributed by atoms with Crippen LogP contribution in [0.1, 0.15) is 5.56 Å². The second-order valence-electron chi connectivity index (χ2n) is 4.35. The van der Waals surface area contributed by atoms with E-state index in [2.05, 4.69) is 15.6 Å². The molecule has 0 fully saturated rings. The number of hydrogen-bond donors (Lipinski definition) is 2. The topological polar surface area (TPSA) is 114 Å². The predicted octanol–water partition coefficient (Wildman–Crippen LogP) is 1.88. The summed E-state index contributed by atoms with van der Waals surface area (Å²) in [4.78, 5) is 37.8. The zero-order valence-corrected chi connectivity index (χ0v) is 11.6. The molecule has 2 aromatic rings. The van der Waals surface area contributed by atoms with Gasteiger partial charge in [-0.15, -0.1) is 0 Å². The van der Waals surface area contributed by atoms with Crippen LogP contribution in [0.2, 0.25) is 0 Å². The zero-order valence-electron chi connectivity index (χ0n) is 11.6. The minimum Gasteiger partial charge on any atom is -0.312 e. The molecule has 2 N–H and O–H groups in total. The zero-order chi connectivity index (χ0) is 16.1. The van der Waals surface area contributed by atoms with E-state index in [9.17, 15) is 19.7 Å². The van der Waals surface area contributed by atoms with Crippen LogP contribution in [0.5, 0.6) is 0 Å². The van der Waals surface area contributed by atoms with E-state index in [1.54, 1.807) is 19.1 Å². The van der Waals surface area contributed by atoms with Gasteiger partial charge in [0, 0.05) is 12.3 Å². The molecule has 0 aliphatic carbocycles. The Labute approximate surface area is 125 Å². The molecule has 2 rings (SSSR count). The van der Waals surface area contributed by atoms with Gasteiger partial charge in [0.15, 0.2) is 0 Å². The largest absolute Gasteiger partial charge is 0.315 e. The van der Waals surface area contributed by atoms with Gasteiger partial charge < -0.3 is 10.6 Å². The molecular weight excluding hydrogens is 288 g/mol. The van der Waals surface area contributed by atoms with Crippen molar-refractivity contribution in [2.75, 3.05) is 10.6 Å². The van der Waals surface area contributed by atoms with Crippen LogP contribution in [-0.4, -0.2) is 21.7 Å². The molecule has 0 unspecified atom stereocenters. The minimum absolute atomic E-state index is 0.0506. The second kappa shape index (κ2) is 6.44. The molecule has 112 valence electrons. The van der Waals surface area contributed by atoms with E-state index in [1.807, 2.05) is 0 Å². The highest BCUT2D eigenvalue weighted by atomic mass is 16.6. The van der Waals surface area contributed by atoms with Crippen molar-refractivity contribution in [1.29, 1.82) is 0 Å². The van der Waals surface area contributed by atoms with E-state index in [0.717, 1.165) is 0 Å². The Kier molecular flexibility index (Phi) is 4.42. The lowest BCUT2D eigenvalue weighted by Gasteiger charge is -2.07. The quantitative estimate of drug-likeness (QED) is 0.510. The van der Waals surface area contributed by atoms with Gasteiger partial charge in [-0.25, -0.2) is 4.98 Å². The standard InChI is InChI=1S/C14H12N4O4/c1-9-5-4-8-15-12(9)17-14(20)13(19)16-10-6-2-3-7-11(10)18(21)22/h2-8H,1H3,(H,16,19)(H,15,17,20). The first-order valence-electron chi connectivity index (χ1n) is 6.26. The number of hydrogen-bond acceptors (Lipinski definition) is 5. The van der Waals surface area contributed by atoms with E-state index in [-0.39, 0.29) is 17.2 Å².